The zero-order valence-electron chi connectivity index (χ0n) is 14.2. The molecule has 5 heteroatoms. The predicted molar refractivity (Wildman–Crippen MR) is 91.5 cm³/mol. The summed E-state index contributed by atoms with van der Waals surface area (Å²) >= 11 is 0. The SMILES string of the molecule is COc1cccc(OC)c1C1(OC)N(C)c2ccccc2N1C. The van der Waals surface area contributed by atoms with E-state index in [1.54, 1.807) is 21.3 Å². The summed E-state index contributed by atoms with van der Waals surface area (Å²) in [5.74, 6) is 0.595. The maximum absolute atomic E-state index is 6.07. The topological polar surface area (TPSA) is 34.2 Å². The van der Waals surface area contributed by atoms with Crippen LogP contribution in [-0.4, -0.2) is 35.4 Å². The molecule has 0 fully saturated rings. The fraction of sp³-hybridized carbons (Fsp3) is 0.333. The van der Waals surface area contributed by atoms with E-state index in [9.17, 15) is 0 Å². The molecule has 122 valence electrons. The fourth-order valence-corrected chi connectivity index (χ4v) is 3.47. The molecule has 1 heterocycles. The Morgan fingerprint density at radius 3 is 1.61 bits per heavy atom. The van der Waals surface area contributed by atoms with Gasteiger partial charge in [-0.1, -0.05) is 18.2 Å². The van der Waals surface area contributed by atoms with Gasteiger partial charge in [-0.15, -0.1) is 0 Å². The van der Waals surface area contributed by atoms with Crippen molar-refractivity contribution in [3.05, 3.63) is 48.0 Å². The Bertz CT molecular complexity index is 666. The first-order valence-electron chi connectivity index (χ1n) is 7.45. The second kappa shape index (κ2) is 5.66. The second-order valence-electron chi connectivity index (χ2n) is 5.46. The highest BCUT2D eigenvalue weighted by atomic mass is 16.5. The van der Waals surface area contributed by atoms with Crippen molar-refractivity contribution < 1.29 is 14.2 Å². The molecular weight excluding hydrogens is 292 g/mol. The Morgan fingerprint density at radius 2 is 1.22 bits per heavy atom. The van der Waals surface area contributed by atoms with Gasteiger partial charge >= 0.3 is 0 Å². The molecule has 0 unspecified atom stereocenters. The molecule has 23 heavy (non-hydrogen) atoms. The van der Waals surface area contributed by atoms with E-state index in [2.05, 4.69) is 21.9 Å². The van der Waals surface area contributed by atoms with Gasteiger partial charge in [0.15, 0.2) is 0 Å². The molecule has 1 aliphatic heterocycles. The summed E-state index contributed by atoms with van der Waals surface area (Å²) in [6, 6.07) is 13.9. The van der Waals surface area contributed by atoms with Gasteiger partial charge in [0.25, 0.3) is 5.85 Å². The molecule has 0 saturated heterocycles. The van der Waals surface area contributed by atoms with E-state index in [0.29, 0.717) is 0 Å². The van der Waals surface area contributed by atoms with Gasteiger partial charge in [-0.3, -0.25) is 0 Å². The van der Waals surface area contributed by atoms with Crippen LogP contribution in [0.4, 0.5) is 11.4 Å². The molecule has 0 spiro atoms. The van der Waals surface area contributed by atoms with E-state index in [4.69, 9.17) is 14.2 Å². The highest BCUT2D eigenvalue weighted by Crippen LogP contribution is 2.52. The van der Waals surface area contributed by atoms with Gasteiger partial charge in [-0.05, 0) is 24.3 Å². The van der Waals surface area contributed by atoms with E-state index < -0.39 is 5.85 Å². The lowest BCUT2D eigenvalue weighted by Crippen LogP contribution is -2.53. The molecule has 2 aromatic carbocycles. The minimum absolute atomic E-state index is 0.720. The number of nitrogens with zero attached hydrogens (tertiary/aromatic N) is 2. The third-order valence-electron chi connectivity index (χ3n) is 4.55. The predicted octanol–water partition coefficient (Wildman–Crippen LogP) is 3.05. The Balaban J connectivity index is 2.29. The van der Waals surface area contributed by atoms with Crippen LogP contribution in [0.5, 0.6) is 11.5 Å². The third-order valence-corrected chi connectivity index (χ3v) is 4.55. The molecule has 2 aromatic rings. The van der Waals surface area contributed by atoms with Crippen molar-refractivity contribution in [1.82, 2.24) is 0 Å². The molecule has 0 radical (unpaired) electrons. The van der Waals surface area contributed by atoms with Gasteiger partial charge in [-0.2, -0.15) is 0 Å². The largest absolute Gasteiger partial charge is 0.496 e. The van der Waals surface area contributed by atoms with Crippen LogP contribution >= 0.6 is 0 Å². The molecule has 0 N–H and O–H groups in total. The van der Waals surface area contributed by atoms with Crippen molar-refractivity contribution >= 4 is 11.4 Å². The van der Waals surface area contributed by atoms with Crippen LogP contribution in [0.15, 0.2) is 42.5 Å². The lowest BCUT2D eigenvalue weighted by atomic mass is 10.1. The van der Waals surface area contributed by atoms with Crippen molar-refractivity contribution in [3.63, 3.8) is 0 Å². The zero-order chi connectivity index (χ0) is 16.6. The second-order valence-corrected chi connectivity index (χ2v) is 5.46. The summed E-state index contributed by atoms with van der Waals surface area (Å²) in [5, 5.41) is 0. The molecule has 0 aromatic heterocycles. The van der Waals surface area contributed by atoms with Gasteiger partial charge in [0.05, 0.1) is 25.6 Å². The zero-order valence-corrected chi connectivity index (χ0v) is 14.2. The van der Waals surface area contributed by atoms with Gasteiger partial charge in [0.2, 0.25) is 0 Å². The molecule has 0 bridgehead atoms. The number of fused-ring (bicyclic) bond motifs is 1. The van der Waals surface area contributed by atoms with Crippen molar-refractivity contribution in [2.45, 2.75) is 5.85 Å². The highest BCUT2D eigenvalue weighted by molar-refractivity contribution is 5.80. The Kier molecular flexibility index (Phi) is 3.82. The van der Waals surface area contributed by atoms with Crippen LogP contribution in [-0.2, 0) is 10.6 Å². The lowest BCUT2D eigenvalue weighted by molar-refractivity contribution is -0.00955. The molecular formula is C18H22N2O3. The van der Waals surface area contributed by atoms with Gasteiger partial charge in [0.1, 0.15) is 17.1 Å². The van der Waals surface area contributed by atoms with Crippen molar-refractivity contribution in [3.8, 4) is 11.5 Å². The van der Waals surface area contributed by atoms with Crippen molar-refractivity contribution in [1.29, 1.82) is 0 Å². The van der Waals surface area contributed by atoms with Crippen LogP contribution in [0, 0.1) is 0 Å². The fourth-order valence-electron chi connectivity index (χ4n) is 3.47. The van der Waals surface area contributed by atoms with E-state index in [1.165, 1.54) is 0 Å². The number of hydrogen-bond acceptors (Lipinski definition) is 5. The minimum atomic E-state index is -0.846. The highest BCUT2D eigenvalue weighted by Gasteiger charge is 2.51. The summed E-state index contributed by atoms with van der Waals surface area (Å²) in [7, 11) is 9.04. The van der Waals surface area contributed by atoms with Crippen LogP contribution in [0.1, 0.15) is 5.56 Å². The summed E-state index contributed by atoms with van der Waals surface area (Å²) in [6.07, 6.45) is 0. The number of benzene rings is 2. The van der Waals surface area contributed by atoms with Crippen LogP contribution < -0.4 is 19.3 Å². The van der Waals surface area contributed by atoms with Gasteiger partial charge in [0, 0.05) is 21.2 Å². The molecule has 3 rings (SSSR count). The monoisotopic (exact) mass is 314 g/mol. The first kappa shape index (κ1) is 15.5. The molecule has 0 atom stereocenters. The standard InChI is InChI=1S/C18H22N2O3/c1-19-13-9-6-7-10-14(13)20(2)18(19,23-5)17-15(21-3)11-8-12-16(17)22-4/h6-12H,1-5H3. The molecule has 0 aliphatic carbocycles. The Morgan fingerprint density at radius 1 is 0.739 bits per heavy atom. The number of methoxy groups -OCH3 is 3. The average Bonchev–Trinajstić information content (AvgIpc) is 2.83. The number of para-hydroxylation sites is 2. The summed E-state index contributed by atoms with van der Waals surface area (Å²) in [5.41, 5.74) is 3.02. The Hall–Kier alpha value is -2.40. The smallest absolute Gasteiger partial charge is 0.256 e. The summed E-state index contributed by atoms with van der Waals surface area (Å²) in [6.45, 7) is 0. The van der Waals surface area contributed by atoms with Gasteiger partial charge < -0.3 is 24.0 Å². The third kappa shape index (κ3) is 1.96. The van der Waals surface area contributed by atoms with E-state index in [0.717, 1.165) is 28.4 Å². The number of ether oxygens (including phenoxy) is 3. The van der Waals surface area contributed by atoms with Crippen molar-refractivity contribution in [2.75, 3.05) is 45.2 Å². The van der Waals surface area contributed by atoms with Crippen molar-refractivity contribution in [2.24, 2.45) is 0 Å². The maximum atomic E-state index is 6.07. The van der Waals surface area contributed by atoms with Crippen LogP contribution in [0.2, 0.25) is 0 Å². The minimum Gasteiger partial charge on any atom is -0.496 e. The summed E-state index contributed by atoms with van der Waals surface area (Å²) < 4.78 is 17.3. The first-order valence-corrected chi connectivity index (χ1v) is 7.45. The van der Waals surface area contributed by atoms with Gasteiger partial charge in [-0.25, -0.2) is 0 Å². The quantitative estimate of drug-likeness (QED) is 0.866. The number of anilines is 2. The van der Waals surface area contributed by atoms with E-state index in [-0.39, 0.29) is 0 Å². The molecule has 5 nitrogen and oxygen atoms in total. The van der Waals surface area contributed by atoms with E-state index in [1.807, 2.05) is 44.4 Å². The number of rotatable bonds is 4. The van der Waals surface area contributed by atoms with E-state index >= 15 is 0 Å². The molecule has 1 aliphatic rings. The van der Waals surface area contributed by atoms with Crippen LogP contribution in [0.25, 0.3) is 0 Å². The Labute approximate surface area is 137 Å². The maximum Gasteiger partial charge on any atom is 0.256 e. The molecule has 0 amide bonds. The first-order chi connectivity index (χ1) is 11.1. The molecule has 0 saturated carbocycles. The lowest BCUT2D eigenvalue weighted by Gasteiger charge is -2.42. The average molecular weight is 314 g/mol. The van der Waals surface area contributed by atoms with Crippen LogP contribution in [0.3, 0.4) is 0 Å². The normalized spacial score (nSPS) is 15.5. The number of hydrogen-bond donors (Lipinski definition) is 0. The summed E-state index contributed by atoms with van der Waals surface area (Å²) in [4.78, 5) is 4.20.